The first-order valence-corrected chi connectivity index (χ1v) is 10.1. The number of halogens is 3. The van der Waals surface area contributed by atoms with Gasteiger partial charge in [-0.15, -0.1) is 0 Å². The molecule has 11 heteroatoms. The minimum atomic E-state index is -4.38. The summed E-state index contributed by atoms with van der Waals surface area (Å²) in [4.78, 5) is 35.4. The van der Waals surface area contributed by atoms with Crippen LogP contribution in [0.3, 0.4) is 0 Å². The molecule has 0 aliphatic carbocycles. The van der Waals surface area contributed by atoms with Gasteiger partial charge in [0.05, 0.1) is 13.7 Å². The third-order valence-electron chi connectivity index (χ3n) is 4.79. The molecule has 182 valence electrons. The van der Waals surface area contributed by atoms with E-state index in [2.05, 4.69) is 21.9 Å². The van der Waals surface area contributed by atoms with Gasteiger partial charge >= 0.3 is 12.3 Å². The van der Waals surface area contributed by atoms with Crippen LogP contribution < -0.4 is 5.32 Å². The van der Waals surface area contributed by atoms with Gasteiger partial charge < -0.3 is 24.5 Å². The van der Waals surface area contributed by atoms with E-state index in [1.54, 1.807) is 20.8 Å². The Bertz CT molecular complexity index is 555. The zero-order chi connectivity index (χ0) is 24.2. The predicted molar refractivity (Wildman–Crippen MR) is 110 cm³/mol. The number of alkyl halides is 3. The van der Waals surface area contributed by atoms with Crippen molar-refractivity contribution in [3.8, 4) is 0 Å². The maximum Gasteiger partial charge on any atom is 0.408 e. The lowest BCUT2D eigenvalue weighted by atomic mass is 10.1. The van der Waals surface area contributed by atoms with E-state index < -0.39 is 30.5 Å². The van der Waals surface area contributed by atoms with Crippen LogP contribution in [0.25, 0.3) is 0 Å². The summed E-state index contributed by atoms with van der Waals surface area (Å²) < 4.78 is 47.7. The van der Waals surface area contributed by atoms with E-state index in [9.17, 15) is 22.8 Å². The molecule has 0 saturated carbocycles. The highest BCUT2D eigenvalue weighted by Crippen LogP contribution is 2.25. The first kappa shape index (κ1) is 29.1. The van der Waals surface area contributed by atoms with Crippen molar-refractivity contribution in [2.24, 2.45) is 0 Å². The molecule has 0 radical (unpaired) electrons. The van der Waals surface area contributed by atoms with Crippen LogP contribution in [0.2, 0.25) is 0 Å². The number of nitrogens with zero attached hydrogens (tertiary/aromatic N) is 2. The third kappa shape index (κ3) is 13.9. The van der Waals surface area contributed by atoms with Gasteiger partial charge in [0.1, 0.15) is 17.9 Å². The second-order valence-corrected chi connectivity index (χ2v) is 8.61. The molecule has 1 fully saturated rings. The van der Waals surface area contributed by atoms with Crippen LogP contribution in [0.15, 0.2) is 0 Å². The molecule has 3 unspecified atom stereocenters. The fraction of sp³-hybridized carbons (Fsp3) is 0.850. The largest absolute Gasteiger partial charge is 0.471 e. The van der Waals surface area contributed by atoms with Crippen molar-refractivity contribution < 1.29 is 37.0 Å². The molecule has 1 saturated heterocycles. The molecule has 0 spiro atoms. The Kier molecular flexibility index (Phi) is 12.7. The van der Waals surface area contributed by atoms with Gasteiger partial charge in [0.2, 0.25) is 0 Å². The van der Waals surface area contributed by atoms with Crippen molar-refractivity contribution in [1.29, 1.82) is 0 Å². The van der Waals surface area contributed by atoms with Crippen LogP contribution in [0.1, 0.15) is 47.0 Å². The zero-order valence-electron chi connectivity index (χ0n) is 19.2. The van der Waals surface area contributed by atoms with Crippen molar-refractivity contribution in [1.82, 2.24) is 15.1 Å². The molecule has 0 bridgehead atoms. The van der Waals surface area contributed by atoms with Crippen LogP contribution >= 0.6 is 0 Å². The summed E-state index contributed by atoms with van der Waals surface area (Å²) in [5.41, 5.74) is -0.757. The second kappa shape index (κ2) is 13.5. The number of methoxy groups -OCH3 is 1. The maximum atomic E-state index is 12.9. The number of alkyl carbamates (subject to hydrolysis) is 1. The molecule has 31 heavy (non-hydrogen) atoms. The summed E-state index contributed by atoms with van der Waals surface area (Å²) in [6.07, 6.45) is -2.21. The van der Waals surface area contributed by atoms with Crippen LogP contribution in [0.4, 0.5) is 18.0 Å². The number of nitrogens with one attached hydrogen (secondary N) is 1. The van der Waals surface area contributed by atoms with Gasteiger partial charge in [-0.2, -0.15) is 13.2 Å². The quantitative estimate of drug-likeness (QED) is 0.535. The van der Waals surface area contributed by atoms with Crippen molar-refractivity contribution in [3.63, 3.8) is 0 Å². The average Bonchev–Trinajstić information content (AvgIpc) is 2.95. The number of rotatable bonds is 9. The minimum absolute atomic E-state index is 0.196. The van der Waals surface area contributed by atoms with E-state index in [0.29, 0.717) is 25.2 Å². The van der Waals surface area contributed by atoms with Gasteiger partial charge in [-0.1, -0.05) is 0 Å². The number of ether oxygens (including phenoxy) is 2. The predicted octanol–water partition coefficient (Wildman–Crippen LogP) is 2.60. The molecule has 3 atom stereocenters. The Morgan fingerprint density at radius 3 is 2.23 bits per heavy atom. The monoisotopic (exact) mass is 455 g/mol. The maximum absolute atomic E-state index is 12.9. The van der Waals surface area contributed by atoms with Gasteiger partial charge in [-0.05, 0) is 54.0 Å². The van der Waals surface area contributed by atoms with Crippen LogP contribution in [0.5, 0.6) is 0 Å². The number of carbonyl (C=O) groups is 3. The van der Waals surface area contributed by atoms with E-state index in [1.807, 2.05) is 7.05 Å². The number of carbonyl (C=O) groups excluding carboxylic acids is 3. The number of amides is 1. The summed E-state index contributed by atoms with van der Waals surface area (Å²) in [6.45, 7) is 6.32. The molecule has 1 heterocycles. The van der Waals surface area contributed by atoms with Gasteiger partial charge in [0, 0.05) is 25.2 Å². The zero-order valence-corrected chi connectivity index (χ0v) is 19.2. The number of hydrogen-bond donors (Lipinski definition) is 1. The number of aldehydes is 1. The minimum Gasteiger partial charge on any atom is -0.471 e. The van der Waals surface area contributed by atoms with Crippen molar-refractivity contribution >= 4 is 18.9 Å². The first-order valence-electron chi connectivity index (χ1n) is 10.1. The SMILES string of the molecule is CC1CCC(CCN(CC(C=O)NC(=O)OC(C)(C)C)CC(F)(F)F)N1C.COC=O. The molecular weight excluding hydrogens is 419 g/mol. The normalized spacial score (nSPS) is 20.5. The molecule has 8 nitrogen and oxygen atoms in total. The molecular formula is C20H36F3N3O5. The van der Waals surface area contributed by atoms with E-state index in [1.165, 1.54) is 12.0 Å². The highest BCUT2D eigenvalue weighted by atomic mass is 19.4. The topological polar surface area (TPSA) is 88.2 Å². The molecule has 1 aliphatic heterocycles. The van der Waals surface area contributed by atoms with Gasteiger partial charge in [-0.3, -0.25) is 9.69 Å². The van der Waals surface area contributed by atoms with Crippen LogP contribution in [0, 0.1) is 0 Å². The van der Waals surface area contributed by atoms with Crippen molar-refractivity contribution in [2.45, 2.75) is 76.9 Å². The molecule has 0 aromatic heterocycles. The number of likely N-dealkylation sites (tertiary alicyclic amines) is 1. The van der Waals surface area contributed by atoms with Gasteiger partial charge in [0.25, 0.3) is 6.47 Å². The van der Waals surface area contributed by atoms with Crippen LogP contribution in [-0.2, 0) is 19.1 Å². The third-order valence-corrected chi connectivity index (χ3v) is 4.79. The van der Waals surface area contributed by atoms with E-state index in [4.69, 9.17) is 9.53 Å². The van der Waals surface area contributed by atoms with Gasteiger partial charge in [-0.25, -0.2) is 4.79 Å². The summed E-state index contributed by atoms with van der Waals surface area (Å²) in [5, 5.41) is 2.33. The average molecular weight is 456 g/mol. The number of hydrogen-bond acceptors (Lipinski definition) is 7. The van der Waals surface area contributed by atoms with E-state index >= 15 is 0 Å². The Balaban J connectivity index is 0.00000206. The molecule has 1 N–H and O–H groups in total. The van der Waals surface area contributed by atoms with Crippen LogP contribution in [-0.4, -0.2) is 92.3 Å². The smallest absolute Gasteiger partial charge is 0.408 e. The Morgan fingerprint density at radius 2 is 1.84 bits per heavy atom. The fourth-order valence-corrected chi connectivity index (χ4v) is 3.23. The van der Waals surface area contributed by atoms with Gasteiger partial charge in [0.15, 0.2) is 0 Å². The molecule has 0 aromatic rings. The fourth-order valence-electron chi connectivity index (χ4n) is 3.23. The summed E-state index contributed by atoms with van der Waals surface area (Å²) in [6, 6.07) is -0.422. The molecule has 1 rings (SSSR count). The highest BCUT2D eigenvalue weighted by molar-refractivity contribution is 5.73. The van der Waals surface area contributed by atoms with Crippen molar-refractivity contribution in [3.05, 3.63) is 0 Å². The first-order chi connectivity index (χ1) is 14.2. The summed E-state index contributed by atoms with van der Waals surface area (Å²) in [7, 11) is 3.29. The van der Waals surface area contributed by atoms with Crippen molar-refractivity contribution in [2.75, 3.05) is 33.8 Å². The highest BCUT2D eigenvalue weighted by Gasteiger charge is 2.33. The standard InChI is InChI=1S/C18H32F3N3O3.C2H4O2/c1-13-6-7-15(23(13)5)8-9-24(12-18(19,20)21)10-14(11-25)22-16(26)27-17(2,3)4;1-4-2-3/h11,13-15H,6-10,12H2,1-5H3,(H,22,26);2H,1H3. The molecule has 1 amide bonds. The Labute approximate surface area is 182 Å². The Hall–Kier alpha value is -1.88. The molecule has 1 aliphatic rings. The lowest BCUT2D eigenvalue weighted by Gasteiger charge is -2.30. The second-order valence-electron chi connectivity index (χ2n) is 8.61. The lowest BCUT2D eigenvalue weighted by molar-refractivity contribution is -0.147. The molecule has 0 aromatic carbocycles. The van der Waals surface area contributed by atoms with E-state index in [0.717, 1.165) is 12.8 Å². The summed E-state index contributed by atoms with van der Waals surface area (Å²) >= 11 is 0. The van der Waals surface area contributed by atoms with E-state index in [-0.39, 0.29) is 19.1 Å². The summed E-state index contributed by atoms with van der Waals surface area (Å²) in [5.74, 6) is 0. The lowest BCUT2D eigenvalue weighted by Crippen LogP contribution is -2.49. The Morgan fingerprint density at radius 1 is 1.26 bits per heavy atom.